The molecule has 0 fully saturated rings. The minimum absolute atomic E-state index is 0.138. The summed E-state index contributed by atoms with van der Waals surface area (Å²) in [5.41, 5.74) is 2.11. The molecule has 0 saturated carbocycles. The van der Waals surface area contributed by atoms with Gasteiger partial charge in [0.1, 0.15) is 0 Å². The summed E-state index contributed by atoms with van der Waals surface area (Å²) in [4.78, 5) is 11.8. The van der Waals surface area contributed by atoms with Crippen LogP contribution in [0.25, 0.3) is 0 Å². The molecule has 0 bridgehead atoms. The van der Waals surface area contributed by atoms with Gasteiger partial charge in [-0.1, -0.05) is 27.7 Å². The molecule has 1 N–H and O–H groups in total. The fourth-order valence-electron chi connectivity index (χ4n) is 1.73. The van der Waals surface area contributed by atoms with Crippen LogP contribution < -0.4 is 5.56 Å². The predicted molar refractivity (Wildman–Crippen MR) is 63.2 cm³/mol. The molecule has 0 atom stereocenters. The van der Waals surface area contributed by atoms with Crippen LogP contribution in [0.4, 0.5) is 0 Å². The molecular weight excluding hydrogens is 188 g/mol. The minimum atomic E-state index is 0.138. The highest BCUT2D eigenvalue weighted by Crippen LogP contribution is 2.08. The largest absolute Gasteiger partial charge is 0.299 e. The van der Waals surface area contributed by atoms with Crippen molar-refractivity contribution in [1.82, 2.24) is 9.78 Å². The van der Waals surface area contributed by atoms with E-state index in [0.717, 1.165) is 24.2 Å². The molecule has 0 aliphatic rings. The summed E-state index contributed by atoms with van der Waals surface area (Å²) in [6, 6.07) is 0. The van der Waals surface area contributed by atoms with Gasteiger partial charge in [0, 0.05) is 17.8 Å². The smallest absolute Gasteiger partial charge is 0.269 e. The van der Waals surface area contributed by atoms with E-state index >= 15 is 0 Å². The molecule has 15 heavy (non-hydrogen) atoms. The number of hydrogen-bond donors (Lipinski definition) is 1. The van der Waals surface area contributed by atoms with Crippen LogP contribution in [0.3, 0.4) is 0 Å². The van der Waals surface area contributed by atoms with Gasteiger partial charge < -0.3 is 0 Å². The summed E-state index contributed by atoms with van der Waals surface area (Å²) in [6.07, 6.45) is 0.951. The van der Waals surface area contributed by atoms with Crippen molar-refractivity contribution in [2.45, 2.75) is 47.6 Å². The highest BCUT2D eigenvalue weighted by molar-refractivity contribution is 5.15. The Bertz CT molecular complexity index is 371. The van der Waals surface area contributed by atoms with Gasteiger partial charge in [-0.05, 0) is 25.2 Å². The number of aromatic amines is 1. The van der Waals surface area contributed by atoms with E-state index in [-0.39, 0.29) is 5.56 Å². The van der Waals surface area contributed by atoms with Gasteiger partial charge >= 0.3 is 0 Å². The predicted octanol–water partition coefficient (Wildman–Crippen LogP) is 2.34. The van der Waals surface area contributed by atoms with E-state index in [4.69, 9.17) is 0 Å². The summed E-state index contributed by atoms with van der Waals surface area (Å²) < 4.78 is 1.73. The van der Waals surface area contributed by atoms with E-state index in [9.17, 15) is 4.79 Å². The Balaban J connectivity index is 2.96. The Kier molecular flexibility index (Phi) is 3.77. The minimum Gasteiger partial charge on any atom is -0.299 e. The Morgan fingerprint density at radius 2 is 1.80 bits per heavy atom. The van der Waals surface area contributed by atoms with Crippen LogP contribution in [0.5, 0.6) is 0 Å². The first-order valence-corrected chi connectivity index (χ1v) is 5.70. The van der Waals surface area contributed by atoms with E-state index in [1.807, 2.05) is 6.92 Å². The maximum absolute atomic E-state index is 11.8. The Morgan fingerprint density at radius 3 is 2.27 bits per heavy atom. The Labute approximate surface area is 91.5 Å². The van der Waals surface area contributed by atoms with Crippen LogP contribution >= 0.6 is 0 Å². The van der Waals surface area contributed by atoms with Gasteiger partial charge in [-0.25, -0.2) is 0 Å². The molecule has 3 nitrogen and oxygen atoms in total. The highest BCUT2D eigenvalue weighted by Gasteiger charge is 2.11. The lowest BCUT2D eigenvalue weighted by Gasteiger charge is -2.05. The lowest BCUT2D eigenvalue weighted by atomic mass is 10.1. The number of hydrogen-bond acceptors (Lipinski definition) is 1. The lowest BCUT2D eigenvalue weighted by molar-refractivity contribution is 0.467. The molecule has 0 unspecified atom stereocenters. The molecule has 0 aliphatic carbocycles. The number of aromatic nitrogens is 2. The Hall–Kier alpha value is -0.990. The van der Waals surface area contributed by atoms with Crippen molar-refractivity contribution in [2.24, 2.45) is 11.8 Å². The first-order chi connectivity index (χ1) is 6.91. The SMILES string of the molecule is Cc1c(CC(C)C)[nH]n(CC(C)C)c1=O. The fourth-order valence-corrected chi connectivity index (χ4v) is 1.73. The number of H-pyrrole nitrogens is 1. The quantitative estimate of drug-likeness (QED) is 0.813. The molecule has 1 aromatic heterocycles. The van der Waals surface area contributed by atoms with Gasteiger partial charge in [-0.15, -0.1) is 0 Å². The zero-order valence-electron chi connectivity index (χ0n) is 10.4. The third-order valence-corrected chi connectivity index (χ3v) is 2.45. The maximum atomic E-state index is 11.8. The number of nitrogens with one attached hydrogen (secondary N) is 1. The molecule has 0 saturated heterocycles. The summed E-state index contributed by atoms with van der Waals surface area (Å²) in [6.45, 7) is 11.2. The number of rotatable bonds is 4. The second-order valence-electron chi connectivity index (χ2n) is 5.12. The zero-order chi connectivity index (χ0) is 11.6. The van der Waals surface area contributed by atoms with Crippen LogP contribution in [0, 0.1) is 18.8 Å². The lowest BCUT2D eigenvalue weighted by Crippen LogP contribution is -2.20. The van der Waals surface area contributed by atoms with E-state index in [2.05, 4.69) is 32.8 Å². The second kappa shape index (κ2) is 4.69. The van der Waals surface area contributed by atoms with Crippen molar-refractivity contribution >= 4 is 0 Å². The molecule has 0 spiro atoms. The van der Waals surface area contributed by atoms with Gasteiger partial charge in [0.25, 0.3) is 5.56 Å². The molecule has 0 amide bonds. The van der Waals surface area contributed by atoms with Crippen LogP contribution in [-0.4, -0.2) is 9.78 Å². The molecule has 0 aliphatic heterocycles. The van der Waals surface area contributed by atoms with E-state index in [1.54, 1.807) is 4.68 Å². The summed E-state index contributed by atoms with van der Waals surface area (Å²) >= 11 is 0. The molecule has 0 radical (unpaired) electrons. The van der Waals surface area contributed by atoms with Gasteiger partial charge in [0.05, 0.1) is 0 Å². The van der Waals surface area contributed by atoms with E-state index < -0.39 is 0 Å². The zero-order valence-corrected chi connectivity index (χ0v) is 10.4. The first-order valence-electron chi connectivity index (χ1n) is 5.70. The van der Waals surface area contributed by atoms with Gasteiger partial charge in [0.15, 0.2) is 0 Å². The van der Waals surface area contributed by atoms with Gasteiger partial charge in [-0.3, -0.25) is 14.6 Å². The van der Waals surface area contributed by atoms with Gasteiger partial charge in [-0.2, -0.15) is 0 Å². The standard InChI is InChI=1S/C12H22N2O/c1-8(2)6-11-10(5)12(15)14(13-11)7-9(3)4/h8-9,13H,6-7H2,1-5H3. The molecular formula is C12H22N2O. The topological polar surface area (TPSA) is 37.8 Å². The first kappa shape index (κ1) is 12.1. The van der Waals surface area contributed by atoms with E-state index in [1.165, 1.54) is 0 Å². The molecule has 86 valence electrons. The Morgan fingerprint density at radius 1 is 1.20 bits per heavy atom. The second-order valence-corrected chi connectivity index (χ2v) is 5.12. The highest BCUT2D eigenvalue weighted by atomic mass is 16.1. The maximum Gasteiger partial charge on any atom is 0.269 e. The molecule has 1 aromatic rings. The van der Waals surface area contributed by atoms with Crippen molar-refractivity contribution < 1.29 is 0 Å². The van der Waals surface area contributed by atoms with Crippen molar-refractivity contribution in [3.8, 4) is 0 Å². The summed E-state index contributed by atoms with van der Waals surface area (Å²) in [7, 11) is 0. The molecule has 0 aromatic carbocycles. The van der Waals surface area contributed by atoms with Crippen LogP contribution in [0.15, 0.2) is 4.79 Å². The van der Waals surface area contributed by atoms with Crippen molar-refractivity contribution in [1.29, 1.82) is 0 Å². The molecule has 1 rings (SSSR count). The number of nitrogens with zero attached hydrogens (tertiary/aromatic N) is 1. The van der Waals surface area contributed by atoms with Crippen molar-refractivity contribution in [3.05, 3.63) is 21.6 Å². The average Bonchev–Trinajstić information content (AvgIpc) is 2.32. The van der Waals surface area contributed by atoms with Gasteiger partial charge in [0.2, 0.25) is 0 Å². The fraction of sp³-hybridized carbons (Fsp3) is 0.750. The molecule has 3 heteroatoms. The molecule has 1 heterocycles. The third kappa shape index (κ3) is 2.98. The average molecular weight is 210 g/mol. The van der Waals surface area contributed by atoms with Crippen molar-refractivity contribution in [3.63, 3.8) is 0 Å². The van der Waals surface area contributed by atoms with E-state index in [0.29, 0.717) is 11.8 Å². The van der Waals surface area contributed by atoms with Crippen LogP contribution in [0.2, 0.25) is 0 Å². The summed E-state index contributed by atoms with van der Waals surface area (Å²) in [5.74, 6) is 1.07. The monoisotopic (exact) mass is 210 g/mol. The summed E-state index contributed by atoms with van der Waals surface area (Å²) in [5, 5.41) is 3.22. The third-order valence-electron chi connectivity index (χ3n) is 2.45. The normalized spacial score (nSPS) is 11.7. The van der Waals surface area contributed by atoms with Crippen LogP contribution in [-0.2, 0) is 13.0 Å². The van der Waals surface area contributed by atoms with Crippen LogP contribution in [0.1, 0.15) is 39.0 Å². The van der Waals surface area contributed by atoms with Crippen molar-refractivity contribution in [2.75, 3.05) is 0 Å².